The lowest BCUT2D eigenvalue weighted by molar-refractivity contribution is -0.121. The van der Waals surface area contributed by atoms with Gasteiger partial charge in [-0.15, -0.1) is 0 Å². The van der Waals surface area contributed by atoms with Gasteiger partial charge in [0.1, 0.15) is 0 Å². The van der Waals surface area contributed by atoms with Crippen LogP contribution in [0.3, 0.4) is 0 Å². The molecule has 0 saturated carbocycles. The smallest absolute Gasteiger partial charge is 0.226 e. The van der Waals surface area contributed by atoms with E-state index in [2.05, 4.69) is 10.3 Å². The number of amides is 1. The summed E-state index contributed by atoms with van der Waals surface area (Å²) in [5, 5.41) is 11.9. The first-order valence-electron chi connectivity index (χ1n) is 5.06. The topological polar surface area (TPSA) is 71.5 Å². The van der Waals surface area contributed by atoms with Gasteiger partial charge in [-0.1, -0.05) is 6.07 Å². The summed E-state index contributed by atoms with van der Waals surface area (Å²) < 4.78 is 4.74. The van der Waals surface area contributed by atoms with Crippen molar-refractivity contribution in [1.29, 1.82) is 0 Å². The highest BCUT2D eigenvalue weighted by Gasteiger charge is 2.07. The van der Waals surface area contributed by atoms with Crippen LogP contribution >= 0.6 is 0 Å². The maximum absolute atomic E-state index is 11.4. The summed E-state index contributed by atoms with van der Waals surface area (Å²) in [6.45, 7) is 0.406. The predicted octanol–water partition coefficient (Wildman–Crippen LogP) is -0.252. The zero-order valence-corrected chi connectivity index (χ0v) is 9.22. The lowest BCUT2D eigenvalue weighted by atomic mass is 10.2. The Morgan fingerprint density at radius 2 is 2.44 bits per heavy atom. The second kappa shape index (κ2) is 6.92. The van der Waals surface area contributed by atoms with Crippen molar-refractivity contribution in [3.8, 4) is 0 Å². The van der Waals surface area contributed by atoms with E-state index in [1.54, 1.807) is 18.3 Å². The summed E-state index contributed by atoms with van der Waals surface area (Å²) in [5.41, 5.74) is 0.709. The highest BCUT2D eigenvalue weighted by atomic mass is 16.5. The van der Waals surface area contributed by atoms with Crippen LogP contribution in [0, 0.1) is 0 Å². The Morgan fingerprint density at radius 1 is 1.62 bits per heavy atom. The highest BCUT2D eigenvalue weighted by Crippen LogP contribution is 1.94. The van der Waals surface area contributed by atoms with Gasteiger partial charge in [0.25, 0.3) is 0 Å². The van der Waals surface area contributed by atoms with Gasteiger partial charge in [0, 0.05) is 25.5 Å². The summed E-state index contributed by atoms with van der Waals surface area (Å²) in [6.07, 6.45) is 1.20. The lowest BCUT2D eigenvalue weighted by Crippen LogP contribution is -2.35. The molecule has 5 heteroatoms. The molecule has 5 nitrogen and oxygen atoms in total. The minimum Gasteiger partial charge on any atom is -0.389 e. The van der Waals surface area contributed by atoms with Crippen LogP contribution in [0.1, 0.15) is 5.69 Å². The quantitative estimate of drug-likeness (QED) is 0.699. The second-order valence-corrected chi connectivity index (χ2v) is 3.41. The molecule has 0 aliphatic rings. The lowest BCUT2D eigenvalue weighted by Gasteiger charge is -2.10. The minimum atomic E-state index is -0.669. The van der Waals surface area contributed by atoms with E-state index < -0.39 is 6.10 Å². The van der Waals surface area contributed by atoms with Gasteiger partial charge in [-0.25, -0.2) is 0 Å². The van der Waals surface area contributed by atoms with Gasteiger partial charge in [0.2, 0.25) is 5.91 Å². The molecule has 0 radical (unpaired) electrons. The number of aromatic nitrogens is 1. The zero-order chi connectivity index (χ0) is 11.8. The van der Waals surface area contributed by atoms with Crippen LogP contribution < -0.4 is 5.32 Å². The van der Waals surface area contributed by atoms with Gasteiger partial charge >= 0.3 is 0 Å². The van der Waals surface area contributed by atoms with Crippen molar-refractivity contribution in [1.82, 2.24) is 10.3 Å². The van der Waals surface area contributed by atoms with Crippen molar-refractivity contribution in [3.05, 3.63) is 30.1 Å². The monoisotopic (exact) mass is 224 g/mol. The summed E-state index contributed by atoms with van der Waals surface area (Å²) >= 11 is 0. The fourth-order valence-corrected chi connectivity index (χ4v) is 1.21. The molecule has 1 heterocycles. The number of nitrogens with one attached hydrogen (secondary N) is 1. The van der Waals surface area contributed by atoms with Gasteiger partial charge in [0.05, 0.1) is 19.1 Å². The number of aliphatic hydroxyl groups is 1. The molecule has 1 rings (SSSR count). The zero-order valence-electron chi connectivity index (χ0n) is 9.22. The molecule has 0 aliphatic heterocycles. The standard InChI is InChI=1S/C11H16N2O3/c1-16-8-10(14)7-13-11(15)6-9-4-2-3-5-12-9/h2-5,10,14H,6-8H2,1H3,(H,13,15). The molecule has 1 unspecified atom stereocenters. The number of hydrogen-bond acceptors (Lipinski definition) is 4. The molecule has 2 N–H and O–H groups in total. The van der Waals surface area contributed by atoms with Crippen molar-refractivity contribution < 1.29 is 14.6 Å². The Kier molecular flexibility index (Phi) is 5.45. The van der Waals surface area contributed by atoms with Gasteiger partial charge in [0.15, 0.2) is 0 Å². The molecule has 16 heavy (non-hydrogen) atoms. The largest absolute Gasteiger partial charge is 0.389 e. The Morgan fingerprint density at radius 3 is 3.06 bits per heavy atom. The highest BCUT2D eigenvalue weighted by molar-refractivity contribution is 5.78. The third-order valence-corrected chi connectivity index (χ3v) is 1.96. The number of nitrogens with zero attached hydrogens (tertiary/aromatic N) is 1. The Labute approximate surface area is 94.5 Å². The number of carbonyl (C=O) groups is 1. The SMILES string of the molecule is COCC(O)CNC(=O)Cc1ccccn1. The first-order chi connectivity index (χ1) is 7.72. The maximum Gasteiger partial charge on any atom is 0.226 e. The molecule has 0 fully saturated rings. The normalized spacial score (nSPS) is 12.1. The molecular weight excluding hydrogens is 208 g/mol. The Bertz CT molecular complexity index is 316. The van der Waals surface area contributed by atoms with E-state index in [-0.39, 0.29) is 25.5 Å². The predicted molar refractivity (Wildman–Crippen MR) is 58.8 cm³/mol. The third kappa shape index (κ3) is 4.86. The number of hydrogen-bond donors (Lipinski definition) is 2. The van der Waals surface area contributed by atoms with Crippen LogP contribution in [-0.4, -0.2) is 42.4 Å². The second-order valence-electron chi connectivity index (χ2n) is 3.41. The number of methoxy groups -OCH3 is 1. The molecule has 88 valence electrons. The van der Waals surface area contributed by atoms with Crippen LogP contribution in [-0.2, 0) is 16.0 Å². The minimum absolute atomic E-state index is 0.158. The van der Waals surface area contributed by atoms with Crippen LogP contribution in [0.2, 0.25) is 0 Å². The molecule has 0 saturated heterocycles. The van der Waals surface area contributed by atoms with Crippen molar-refractivity contribution >= 4 is 5.91 Å². The average molecular weight is 224 g/mol. The summed E-state index contributed by atoms with van der Waals surface area (Å²) in [7, 11) is 1.50. The Hall–Kier alpha value is -1.46. The number of rotatable bonds is 6. The van der Waals surface area contributed by atoms with Crippen LogP contribution in [0.25, 0.3) is 0 Å². The molecule has 0 aromatic carbocycles. The molecule has 1 atom stereocenters. The number of carbonyl (C=O) groups excluding carboxylic acids is 1. The van der Waals surface area contributed by atoms with Crippen LogP contribution in [0.15, 0.2) is 24.4 Å². The van der Waals surface area contributed by atoms with Gasteiger partial charge in [-0.05, 0) is 12.1 Å². The molecule has 0 spiro atoms. The van der Waals surface area contributed by atoms with E-state index in [1.807, 2.05) is 6.07 Å². The van der Waals surface area contributed by atoms with Crippen molar-refractivity contribution in [2.24, 2.45) is 0 Å². The summed E-state index contributed by atoms with van der Waals surface area (Å²) in [6, 6.07) is 5.41. The molecular formula is C11H16N2O3. The van der Waals surface area contributed by atoms with E-state index in [9.17, 15) is 9.90 Å². The van der Waals surface area contributed by atoms with E-state index in [1.165, 1.54) is 7.11 Å². The molecule has 0 aliphatic carbocycles. The van der Waals surface area contributed by atoms with Gasteiger partial charge < -0.3 is 15.2 Å². The van der Waals surface area contributed by atoms with Crippen LogP contribution in [0.4, 0.5) is 0 Å². The third-order valence-electron chi connectivity index (χ3n) is 1.96. The van der Waals surface area contributed by atoms with Gasteiger partial charge in [-0.2, -0.15) is 0 Å². The first-order valence-corrected chi connectivity index (χ1v) is 5.06. The van der Waals surface area contributed by atoms with Crippen molar-refractivity contribution in [2.45, 2.75) is 12.5 Å². The summed E-state index contributed by atoms with van der Waals surface area (Å²) in [5.74, 6) is -0.158. The molecule has 1 aromatic rings. The van der Waals surface area contributed by atoms with Crippen molar-refractivity contribution in [3.63, 3.8) is 0 Å². The van der Waals surface area contributed by atoms with Gasteiger partial charge in [-0.3, -0.25) is 9.78 Å². The first kappa shape index (κ1) is 12.6. The van der Waals surface area contributed by atoms with E-state index in [4.69, 9.17) is 4.74 Å². The summed E-state index contributed by atoms with van der Waals surface area (Å²) in [4.78, 5) is 15.5. The van der Waals surface area contributed by atoms with Crippen molar-refractivity contribution in [2.75, 3.05) is 20.3 Å². The van der Waals surface area contributed by atoms with E-state index in [0.29, 0.717) is 5.69 Å². The number of ether oxygens (including phenoxy) is 1. The maximum atomic E-state index is 11.4. The van der Waals surface area contributed by atoms with E-state index in [0.717, 1.165) is 0 Å². The number of aliphatic hydroxyl groups excluding tert-OH is 1. The van der Waals surface area contributed by atoms with Crippen LogP contribution in [0.5, 0.6) is 0 Å². The molecule has 1 amide bonds. The van der Waals surface area contributed by atoms with E-state index >= 15 is 0 Å². The Balaban J connectivity index is 2.26. The molecule has 0 bridgehead atoms. The fourth-order valence-electron chi connectivity index (χ4n) is 1.21. The fraction of sp³-hybridized carbons (Fsp3) is 0.455. The average Bonchev–Trinajstić information content (AvgIpc) is 2.28. The molecule has 1 aromatic heterocycles. The number of pyridine rings is 1.